The number of aromatic nitrogens is 2. The standard InChI is InChI=1S/C13H8BrClN2O/c14-8-2-3-10-11(6-8)17-13(16-10)7-1-4-12(18)9(15)5-7/h1-6,18H,(H,16,17). The molecule has 3 rings (SSSR count). The van der Waals surface area contributed by atoms with Gasteiger partial charge in [0.1, 0.15) is 11.6 Å². The Bertz CT molecular complexity index is 739. The second-order valence-electron chi connectivity index (χ2n) is 3.91. The lowest BCUT2D eigenvalue weighted by Crippen LogP contribution is -1.80. The average Bonchev–Trinajstić information content (AvgIpc) is 2.75. The van der Waals surface area contributed by atoms with Crippen molar-refractivity contribution in [3.05, 3.63) is 45.9 Å². The number of halogens is 2. The van der Waals surface area contributed by atoms with Crippen molar-refractivity contribution in [2.75, 3.05) is 0 Å². The van der Waals surface area contributed by atoms with Crippen LogP contribution >= 0.6 is 27.5 Å². The molecule has 0 spiro atoms. The van der Waals surface area contributed by atoms with E-state index in [0.717, 1.165) is 26.9 Å². The minimum Gasteiger partial charge on any atom is -0.506 e. The lowest BCUT2D eigenvalue weighted by Gasteiger charge is -1.99. The van der Waals surface area contributed by atoms with E-state index in [1.54, 1.807) is 18.2 Å². The number of fused-ring (bicyclic) bond motifs is 1. The third kappa shape index (κ3) is 1.98. The first-order valence-corrected chi connectivity index (χ1v) is 6.45. The highest BCUT2D eigenvalue weighted by atomic mass is 79.9. The van der Waals surface area contributed by atoms with Crippen molar-refractivity contribution >= 4 is 38.6 Å². The lowest BCUT2D eigenvalue weighted by molar-refractivity contribution is 0.475. The molecule has 0 aliphatic rings. The van der Waals surface area contributed by atoms with Crippen LogP contribution in [0.2, 0.25) is 5.02 Å². The Kier molecular flexibility index (Phi) is 2.76. The first kappa shape index (κ1) is 11.6. The number of imidazole rings is 1. The molecule has 3 nitrogen and oxygen atoms in total. The molecule has 0 saturated carbocycles. The molecule has 0 bridgehead atoms. The van der Waals surface area contributed by atoms with Crippen LogP contribution in [0.3, 0.4) is 0 Å². The fourth-order valence-corrected chi connectivity index (χ4v) is 2.31. The van der Waals surface area contributed by atoms with Gasteiger partial charge in [-0.15, -0.1) is 0 Å². The Morgan fingerprint density at radius 1 is 1.17 bits per heavy atom. The van der Waals surface area contributed by atoms with E-state index in [2.05, 4.69) is 25.9 Å². The molecule has 5 heteroatoms. The molecule has 0 atom stereocenters. The van der Waals surface area contributed by atoms with E-state index in [9.17, 15) is 5.11 Å². The summed E-state index contributed by atoms with van der Waals surface area (Å²) in [6, 6.07) is 10.9. The maximum Gasteiger partial charge on any atom is 0.138 e. The fourth-order valence-electron chi connectivity index (χ4n) is 1.77. The quantitative estimate of drug-likeness (QED) is 0.699. The minimum atomic E-state index is 0.0688. The molecule has 0 unspecified atom stereocenters. The zero-order valence-corrected chi connectivity index (χ0v) is 11.5. The number of aromatic hydroxyl groups is 1. The second-order valence-corrected chi connectivity index (χ2v) is 5.24. The van der Waals surface area contributed by atoms with E-state index < -0.39 is 0 Å². The van der Waals surface area contributed by atoms with Gasteiger partial charge in [0.2, 0.25) is 0 Å². The maximum atomic E-state index is 9.40. The summed E-state index contributed by atoms with van der Waals surface area (Å²) < 4.78 is 0.994. The highest BCUT2D eigenvalue weighted by Crippen LogP contribution is 2.29. The first-order chi connectivity index (χ1) is 8.63. The van der Waals surface area contributed by atoms with Crippen molar-refractivity contribution in [2.45, 2.75) is 0 Å². The molecular formula is C13H8BrClN2O. The van der Waals surface area contributed by atoms with Crippen LogP contribution in [0.15, 0.2) is 40.9 Å². The number of rotatable bonds is 1. The number of nitrogens with one attached hydrogen (secondary N) is 1. The normalized spacial score (nSPS) is 11.0. The van der Waals surface area contributed by atoms with Crippen molar-refractivity contribution in [2.24, 2.45) is 0 Å². The molecule has 0 radical (unpaired) electrons. The van der Waals surface area contributed by atoms with Crippen LogP contribution in [0.1, 0.15) is 0 Å². The molecular weight excluding hydrogens is 316 g/mol. The third-order valence-corrected chi connectivity index (χ3v) is 3.46. The predicted molar refractivity (Wildman–Crippen MR) is 75.9 cm³/mol. The summed E-state index contributed by atoms with van der Waals surface area (Å²) in [6.07, 6.45) is 0. The summed E-state index contributed by atoms with van der Waals surface area (Å²) >= 11 is 9.31. The summed E-state index contributed by atoms with van der Waals surface area (Å²) in [6.45, 7) is 0. The zero-order chi connectivity index (χ0) is 12.7. The van der Waals surface area contributed by atoms with E-state index >= 15 is 0 Å². The molecule has 3 aromatic rings. The highest BCUT2D eigenvalue weighted by molar-refractivity contribution is 9.10. The van der Waals surface area contributed by atoms with Crippen molar-refractivity contribution in [3.8, 4) is 17.1 Å². The summed E-state index contributed by atoms with van der Waals surface area (Å²) in [5.74, 6) is 0.796. The number of benzene rings is 2. The number of H-pyrrole nitrogens is 1. The monoisotopic (exact) mass is 322 g/mol. The number of phenolic OH excluding ortho intramolecular Hbond substituents is 1. The molecule has 1 heterocycles. The Morgan fingerprint density at radius 2 is 2.00 bits per heavy atom. The van der Waals surface area contributed by atoms with Gasteiger partial charge in [0, 0.05) is 10.0 Å². The smallest absolute Gasteiger partial charge is 0.138 e. The summed E-state index contributed by atoms with van der Waals surface area (Å²) in [5.41, 5.74) is 2.67. The van der Waals surface area contributed by atoms with E-state index in [4.69, 9.17) is 11.6 Å². The largest absolute Gasteiger partial charge is 0.506 e. The predicted octanol–water partition coefficient (Wildman–Crippen LogP) is 4.35. The Hall–Kier alpha value is -1.52. The molecule has 90 valence electrons. The van der Waals surface area contributed by atoms with Crippen molar-refractivity contribution in [1.82, 2.24) is 9.97 Å². The number of aromatic amines is 1. The van der Waals surface area contributed by atoms with Crippen LogP contribution < -0.4 is 0 Å². The van der Waals surface area contributed by atoms with Crippen molar-refractivity contribution in [1.29, 1.82) is 0 Å². The van der Waals surface area contributed by atoms with Gasteiger partial charge in [0.15, 0.2) is 0 Å². The van der Waals surface area contributed by atoms with Gasteiger partial charge < -0.3 is 10.1 Å². The van der Waals surface area contributed by atoms with Crippen molar-refractivity contribution < 1.29 is 5.11 Å². The van der Waals surface area contributed by atoms with Gasteiger partial charge in [-0.3, -0.25) is 0 Å². The topological polar surface area (TPSA) is 48.9 Å². The summed E-state index contributed by atoms with van der Waals surface area (Å²) in [7, 11) is 0. The van der Waals surface area contributed by atoms with Crippen LogP contribution in [0.4, 0.5) is 0 Å². The summed E-state index contributed by atoms with van der Waals surface area (Å²) in [4.78, 5) is 7.70. The van der Waals surface area contributed by atoms with E-state index in [1.807, 2.05) is 18.2 Å². The molecule has 0 aliphatic heterocycles. The zero-order valence-electron chi connectivity index (χ0n) is 9.11. The van der Waals surface area contributed by atoms with Gasteiger partial charge in [0.05, 0.1) is 16.1 Å². The number of hydrogen-bond donors (Lipinski definition) is 2. The van der Waals surface area contributed by atoms with Gasteiger partial charge in [-0.2, -0.15) is 0 Å². The van der Waals surface area contributed by atoms with Crippen LogP contribution in [0.25, 0.3) is 22.4 Å². The Morgan fingerprint density at radius 3 is 2.78 bits per heavy atom. The highest BCUT2D eigenvalue weighted by Gasteiger charge is 2.07. The molecule has 2 aromatic carbocycles. The Labute approximate surface area is 117 Å². The van der Waals surface area contributed by atoms with Crippen LogP contribution in [-0.4, -0.2) is 15.1 Å². The number of nitrogens with zero attached hydrogens (tertiary/aromatic N) is 1. The SMILES string of the molecule is Oc1ccc(-c2nc3ccc(Br)cc3[nH]2)cc1Cl. The van der Waals surface area contributed by atoms with Gasteiger partial charge in [-0.25, -0.2) is 4.98 Å². The molecule has 18 heavy (non-hydrogen) atoms. The minimum absolute atomic E-state index is 0.0688. The van der Waals surface area contributed by atoms with Crippen LogP contribution in [0, 0.1) is 0 Å². The fraction of sp³-hybridized carbons (Fsp3) is 0. The van der Waals surface area contributed by atoms with Crippen molar-refractivity contribution in [3.63, 3.8) is 0 Å². The lowest BCUT2D eigenvalue weighted by atomic mass is 10.2. The first-order valence-electron chi connectivity index (χ1n) is 5.27. The number of phenols is 1. The molecule has 0 fully saturated rings. The summed E-state index contributed by atoms with van der Waals surface area (Å²) in [5, 5.41) is 9.71. The van der Waals surface area contributed by atoms with Gasteiger partial charge in [-0.05, 0) is 36.4 Å². The third-order valence-electron chi connectivity index (χ3n) is 2.67. The van der Waals surface area contributed by atoms with E-state index in [-0.39, 0.29) is 5.75 Å². The molecule has 1 aromatic heterocycles. The molecule has 2 N–H and O–H groups in total. The van der Waals surface area contributed by atoms with Gasteiger partial charge in [-0.1, -0.05) is 27.5 Å². The van der Waals surface area contributed by atoms with Gasteiger partial charge >= 0.3 is 0 Å². The average molecular weight is 324 g/mol. The molecule has 0 saturated heterocycles. The molecule has 0 aliphatic carbocycles. The van der Waals surface area contributed by atoms with Crippen LogP contribution in [-0.2, 0) is 0 Å². The van der Waals surface area contributed by atoms with Crippen LogP contribution in [0.5, 0.6) is 5.75 Å². The van der Waals surface area contributed by atoms with Gasteiger partial charge in [0.25, 0.3) is 0 Å². The van der Waals surface area contributed by atoms with E-state index in [0.29, 0.717) is 5.02 Å². The second kappa shape index (κ2) is 4.30. The van der Waals surface area contributed by atoms with E-state index in [1.165, 1.54) is 0 Å². The number of hydrogen-bond acceptors (Lipinski definition) is 2. The molecule has 0 amide bonds. The maximum absolute atomic E-state index is 9.40. The Balaban J connectivity index is 2.16.